The topological polar surface area (TPSA) is 48.8 Å². The van der Waals surface area contributed by atoms with Gasteiger partial charge >= 0.3 is 0 Å². The maximum Gasteiger partial charge on any atom is 0.254 e. The van der Waals surface area contributed by atoms with Gasteiger partial charge in [-0.25, -0.2) is 9.99 Å². The van der Waals surface area contributed by atoms with E-state index in [2.05, 4.69) is 6.08 Å². The summed E-state index contributed by atoms with van der Waals surface area (Å²) in [6.07, 6.45) is 2.07. The van der Waals surface area contributed by atoms with E-state index in [1.165, 1.54) is 11.3 Å². The predicted molar refractivity (Wildman–Crippen MR) is 139 cm³/mol. The number of aromatic nitrogens is 1. The number of thiophene rings is 1. The second kappa shape index (κ2) is 7.67. The number of anilines is 2. The molecule has 4 heterocycles. The molecule has 2 aromatic carbocycles. The number of alkyl halides is 1. The van der Waals surface area contributed by atoms with Gasteiger partial charge in [0.1, 0.15) is 0 Å². The maximum absolute atomic E-state index is 13.3. The highest BCUT2D eigenvalue weighted by molar-refractivity contribution is 7.22. The molecular weight excluding hydrogens is 495 g/mol. The van der Waals surface area contributed by atoms with Gasteiger partial charge in [0.25, 0.3) is 5.91 Å². The largest absolute Gasteiger partial charge is 0.272 e. The van der Waals surface area contributed by atoms with Gasteiger partial charge in [0.15, 0.2) is 16.2 Å². The van der Waals surface area contributed by atoms with Crippen molar-refractivity contribution in [3.8, 4) is 0 Å². The van der Waals surface area contributed by atoms with Crippen LogP contribution in [-0.2, 0) is 4.79 Å². The molecule has 1 saturated heterocycles. The minimum atomic E-state index is -1.05. The molecule has 2 aliphatic rings. The number of β-lactam (4-membered cyclic amide) rings is 1. The molecule has 2 aliphatic heterocycles. The van der Waals surface area contributed by atoms with Crippen LogP contribution in [0.1, 0.15) is 11.8 Å². The molecule has 5 nitrogen and oxygen atoms in total. The van der Waals surface area contributed by atoms with Crippen molar-refractivity contribution in [2.24, 2.45) is 5.10 Å². The molecule has 1 amide bonds. The summed E-state index contributed by atoms with van der Waals surface area (Å²) >= 11 is 16.3. The third-order valence-corrected chi connectivity index (χ3v) is 8.41. The van der Waals surface area contributed by atoms with Crippen LogP contribution in [-0.4, -0.2) is 27.6 Å². The third kappa shape index (κ3) is 3.00. The van der Waals surface area contributed by atoms with E-state index < -0.39 is 11.0 Å². The van der Waals surface area contributed by atoms with Crippen molar-refractivity contribution in [3.05, 3.63) is 81.5 Å². The average Bonchev–Trinajstić information content (AvgIpc) is 3.54. The van der Waals surface area contributed by atoms with Crippen molar-refractivity contribution in [2.75, 3.05) is 9.91 Å². The number of halogens is 2. The lowest BCUT2D eigenvalue weighted by Gasteiger charge is -2.55. The normalized spacial score (nSPS) is 23.6. The van der Waals surface area contributed by atoms with Gasteiger partial charge in [-0.3, -0.25) is 9.69 Å². The Labute approximate surface area is 208 Å². The Hall–Kier alpha value is -2.71. The summed E-state index contributed by atoms with van der Waals surface area (Å²) in [5.74, 6) is -0.204. The Kier molecular flexibility index (Phi) is 4.85. The van der Waals surface area contributed by atoms with Gasteiger partial charge in [0.05, 0.1) is 21.6 Å². The van der Waals surface area contributed by atoms with Crippen molar-refractivity contribution in [3.63, 3.8) is 0 Å². The van der Waals surface area contributed by atoms with Crippen molar-refractivity contribution in [1.29, 1.82) is 0 Å². The first-order chi connectivity index (χ1) is 16.0. The van der Waals surface area contributed by atoms with E-state index in [1.54, 1.807) is 16.2 Å². The Morgan fingerprint density at radius 3 is 2.73 bits per heavy atom. The lowest BCUT2D eigenvalue weighted by Crippen LogP contribution is -2.79. The molecule has 6 rings (SSSR count). The Morgan fingerprint density at radius 1 is 1.12 bits per heavy atom. The molecule has 33 heavy (non-hydrogen) atoms. The second-order valence-corrected chi connectivity index (χ2v) is 10.6. The average molecular weight is 511 g/mol. The van der Waals surface area contributed by atoms with Crippen LogP contribution in [0.15, 0.2) is 76.7 Å². The smallest absolute Gasteiger partial charge is 0.254 e. The van der Waals surface area contributed by atoms with Crippen LogP contribution < -0.4 is 9.91 Å². The lowest BCUT2D eigenvalue weighted by atomic mass is 9.82. The molecular formula is C24H16Cl2N4OS2. The number of amides is 1. The van der Waals surface area contributed by atoms with Crippen LogP contribution in [0, 0.1) is 0 Å². The van der Waals surface area contributed by atoms with Gasteiger partial charge in [-0.1, -0.05) is 47.2 Å². The van der Waals surface area contributed by atoms with Crippen LogP contribution in [0.3, 0.4) is 0 Å². The molecule has 2 atom stereocenters. The highest BCUT2D eigenvalue weighted by Gasteiger charge is 2.69. The SMILES string of the molecule is CC1=NN(c2cccc(Cl)c2)C2(C1=Cc1cccs1)C(Cl)C(=O)N2c1nc2ccccc2s1. The third-order valence-electron chi connectivity index (χ3n) is 5.85. The van der Waals surface area contributed by atoms with Gasteiger partial charge in [-0.2, -0.15) is 5.10 Å². The summed E-state index contributed by atoms with van der Waals surface area (Å²) in [5, 5.41) is 9.03. The van der Waals surface area contributed by atoms with E-state index in [1.807, 2.05) is 78.0 Å². The fourth-order valence-electron chi connectivity index (χ4n) is 4.40. The maximum atomic E-state index is 13.3. The van der Waals surface area contributed by atoms with Crippen LogP contribution in [0.2, 0.25) is 5.02 Å². The predicted octanol–water partition coefficient (Wildman–Crippen LogP) is 6.64. The number of carbonyl (C=O) groups excluding carboxylic acids is 1. The zero-order valence-electron chi connectivity index (χ0n) is 17.3. The first-order valence-corrected chi connectivity index (χ1v) is 12.7. The summed E-state index contributed by atoms with van der Waals surface area (Å²) in [4.78, 5) is 20.9. The number of nitrogens with zero attached hydrogens (tertiary/aromatic N) is 4. The molecule has 0 N–H and O–H groups in total. The minimum absolute atomic E-state index is 0.204. The molecule has 164 valence electrons. The van der Waals surface area contributed by atoms with E-state index in [0.29, 0.717) is 10.2 Å². The van der Waals surface area contributed by atoms with Gasteiger partial charge in [-0.05, 0) is 54.8 Å². The molecule has 2 unspecified atom stereocenters. The summed E-state index contributed by atoms with van der Waals surface area (Å²) in [6, 6.07) is 19.3. The summed E-state index contributed by atoms with van der Waals surface area (Å²) in [6.45, 7) is 1.94. The molecule has 0 aliphatic carbocycles. The zero-order chi connectivity index (χ0) is 22.7. The molecule has 9 heteroatoms. The second-order valence-electron chi connectivity index (χ2n) is 7.78. The zero-order valence-corrected chi connectivity index (χ0v) is 20.4. The molecule has 1 spiro atoms. The number of hydrazone groups is 1. The fourth-order valence-corrected chi connectivity index (χ4v) is 6.68. The highest BCUT2D eigenvalue weighted by atomic mass is 35.5. The van der Waals surface area contributed by atoms with Crippen LogP contribution in [0.4, 0.5) is 10.8 Å². The van der Waals surface area contributed by atoms with E-state index in [-0.39, 0.29) is 5.91 Å². The molecule has 4 aromatic rings. The fraction of sp³-hybridized carbons (Fsp3) is 0.125. The quantitative estimate of drug-likeness (QED) is 0.229. The van der Waals surface area contributed by atoms with E-state index in [4.69, 9.17) is 33.3 Å². The number of carbonyl (C=O) groups is 1. The molecule has 1 fully saturated rings. The first kappa shape index (κ1) is 20.9. The lowest BCUT2D eigenvalue weighted by molar-refractivity contribution is -0.125. The van der Waals surface area contributed by atoms with Crippen molar-refractivity contribution in [2.45, 2.75) is 18.0 Å². The number of hydrogen-bond donors (Lipinski definition) is 0. The van der Waals surface area contributed by atoms with Gasteiger partial charge in [0, 0.05) is 15.5 Å². The molecule has 2 aromatic heterocycles. The number of para-hydroxylation sites is 1. The van der Waals surface area contributed by atoms with Gasteiger partial charge < -0.3 is 0 Å². The van der Waals surface area contributed by atoms with E-state index in [9.17, 15) is 4.79 Å². The van der Waals surface area contributed by atoms with E-state index in [0.717, 1.165) is 32.1 Å². The monoisotopic (exact) mass is 510 g/mol. The van der Waals surface area contributed by atoms with Crippen molar-refractivity contribution >= 4 is 84.6 Å². The number of fused-ring (bicyclic) bond motifs is 1. The molecule has 0 bridgehead atoms. The summed E-state index contributed by atoms with van der Waals surface area (Å²) < 4.78 is 1.00. The molecule has 0 saturated carbocycles. The minimum Gasteiger partial charge on any atom is -0.272 e. The molecule has 0 radical (unpaired) electrons. The van der Waals surface area contributed by atoms with Gasteiger partial charge in [0.2, 0.25) is 0 Å². The number of thiazole rings is 1. The highest BCUT2D eigenvalue weighted by Crippen LogP contribution is 2.54. The van der Waals surface area contributed by atoms with Crippen LogP contribution >= 0.6 is 45.9 Å². The first-order valence-electron chi connectivity index (χ1n) is 10.2. The number of rotatable bonds is 3. The van der Waals surface area contributed by atoms with E-state index >= 15 is 0 Å². The Morgan fingerprint density at radius 2 is 1.97 bits per heavy atom. The van der Waals surface area contributed by atoms with Crippen molar-refractivity contribution in [1.82, 2.24) is 4.98 Å². The van der Waals surface area contributed by atoms with Crippen LogP contribution in [0.5, 0.6) is 0 Å². The summed E-state index contributed by atoms with van der Waals surface area (Å²) in [5.41, 5.74) is 2.19. The Balaban J connectivity index is 1.59. The van der Waals surface area contributed by atoms with Gasteiger partial charge in [-0.15, -0.1) is 22.9 Å². The Bertz CT molecular complexity index is 1430. The summed E-state index contributed by atoms with van der Waals surface area (Å²) in [7, 11) is 0. The van der Waals surface area contributed by atoms with Crippen molar-refractivity contribution < 1.29 is 4.79 Å². The number of hydrogen-bond acceptors (Lipinski definition) is 6. The number of benzene rings is 2. The van der Waals surface area contributed by atoms with Crippen LogP contribution in [0.25, 0.3) is 16.3 Å². The standard InChI is InChI=1S/C24H16Cl2N4OS2/c1-14-18(13-17-8-5-11-32-17)24(30(28-14)16-7-4-6-15(25)12-16)21(26)22(31)29(24)23-27-19-9-2-3-10-20(19)33-23/h2-13,21H,1H3.